The summed E-state index contributed by atoms with van der Waals surface area (Å²) in [5.41, 5.74) is -1.65. The van der Waals surface area contributed by atoms with Gasteiger partial charge in [-0.3, -0.25) is 4.79 Å². The fourth-order valence-corrected chi connectivity index (χ4v) is 4.44. The molecule has 0 spiro atoms. The SMILES string of the molecule is CCOC(=O)c1cn(C2CC2)c2c(C#CCC3CCCN3C(=O)OC(C)(C)C)c(F)c(F)cc2c1=O. The number of benzene rings is 1. The number of fused-ring (bicyclic) bond motifs is 1. The molecule has 1 saturated carbocycles. The molecule has 1 unspecified atom stereocenters. The lowest BCUT2D eigenvalue weighted by Gasteiger charge is -2.27. The van der Waals surface area contributed by atoms with Gasteiger partial charge >= 0.3 is 12.1 Å². The summed E-state index contributed by atoms with van der Waals surface area (Å²) in [6.07, 6.45) is 4.24. The van der Waals surface area contributed by atoms with Gasteiger partial charge in [0.1, 0.15) is 11.2 Å². The summed E-state index contributed by atoms with van der Waals surface area (Å²) < 4.78 is 41.7. The number of pyridine rings is 1. The molecule has 2 aliphatic rings. The molecule has 1 aromatic heterocycles. The molecule has 1 amide bonds. The molecule has 36 heavy (non-hydrogen) atoms. The molecule has 1 aliphatic heterocycles. The first-order valence-corrected chi connectivity index (χ1v) is 12.2. The van der Waals surface area contributed by atoms with Gasteiger partial charge in [0.05, 0.1) is 23.1 Å². The third kappa shape index (κ3) is 5.23. The van der Waals surface area contributed by atoms with Gasteiger partial charge in [-0.25, -0.2) is 18.4 Å². The normalized spacial score (nSPS) is 17.6. The van der Waals surface area contributed by atoms with E-state index in [0.29, 0.717) is 6.54 Å². The van der Waals surface area contributed by atoms with Crippen molar-refractivity contribution >= 4 is 23.0 Å². The molecule has 1 saturated heterocycles. The maximum Gasteiger partial charge on any atom is 0.410 e. The third-order valence-corrected chi connectivity index (χ3v) is 6.20. The van der Waals surface area contributed by atoms with Gasteiger partial charge in [-0.15, -0.1) is 0 Å². The Morgan fingerprint density at radius 3 is 2.56 bits per heavy atom. The highest BCUT2D eigenvalue weighted by Crippen LogP contribution is 2.38. The van der Waals surface area contributed by atoms with Crippen LogP contribution >= 0.6 is 0 Å². The van der Waals surface area contributed by atoms with Crippen LogP contribution in [0.1, 0.15) is 81.8 Å². The van der Waals surface area contributed by atoms with E-state index in [-0.39, 0.29) is 47.1 Å². The molecule has 192 valence electrons. The molecule has 0 N–H and O–H groups in total. The largest absolute Gasteiger partial charge is 0.462 e. The summed E-state index contributed by atoms with van der Waals surface area (Å²) >= 11 is 0. The second-order valence-corrected chi connectivity index (χ2v) is 10.2. The quantitative estimate of drug-likeness (QED) is 0.439. The average Bonchev–Trinajstić information content (AvgIpc) is 3.53. The first kappa shape index (κ1) is 25.7. The Kier molecular flexibility index (Phi) is 7.07. The van der Waals surface area contributed by atoms with Gasteiger partial charge in [-0.05, 0) is 59.4 Å². The Balaban J connectivity index is 1.73. The Labute approximate surface area is 208 Å². The lowest BCUT2D eigenvalue weighted by Crippen LogP contribution is -2.39. The minimum Gasteiger partial charge on any atom is -0.462 e. The summed E-state index contributed by atoms with van der Waals surface area (Å²) in [5, 5.41) is -0.119. The molecular formula is C27H30F2N2O5. The number of carbonyl (C=O) groups is 2. The molecule has 0 bridgehead atoms. The highest BCUT2D eigenvalue weighted by molar-refractivity contribution is 5.95. The molecule has 2 aromatic rings. The van der Waals surface area contributed by atoms with Gasteiger partial charge in [-0.1, -0.05) is 11.8 Å². The van der Waals surface area contributed by atoms with Crippen molar-refractivity contribution in [3.8, 4) is 11.8 Å². The fourth-order valence-electron chi connectivity index (χ4n) is 4.44. The van der Waals surface area contributed by atoms with Crippen LogP contribution in [0.25, 0.3) is 10.9 Å². The Morgan fingerprint density at radius 2 is 1.92 bits per heavy atom. The van der Waals surface area contributed by atoms with Gasteiger partial charge in [0, 0.05) is 31.2 Å². The summed E-state index contributed by atoms with van der Waals surface area (Å²) in [7, 11) is 0. The summed E-state index contributed by atoms with van der Waals surface area (Å²) in [5.74, 6) is 2.46. The van der Waals surface area contributed by atoms with E-state index in [4.69, 9.17) is 9.47 Å². The van der Waals surface area contributed by atoms with Crippen molar-refractivity contribution in [1.29, 1.82) is 0 Å². The smallest absolute Gasteiger partial charge is 0.410 e. The highest BCUT2D eigenvalue weighted by Gasteiger charge is 2.32. The first-order valence-electron chi connectivity index (χ1n) is 12.2. The Bertz CT molecular complexity index is 1330. The number of aromatic nitrogens is 1. The molecule has 9 heteroatoms. The zero-order valence-electron chi connectivity index (χ0n) is 21.0. The number of carbonyl (C=O) groups excluding carboxylic acids is 2. The minimum atomic E-state index is -1.22. The predicted octanol–water partition coefficient (Wildman–Crippen LogP) is 4.93. The number of amides is 1. The molecule has 4 rings (SSSR count). The maximum absolute atomic E-state index is 15.0. The number of likely N-dealkylation sites (tertiary alicyclic amines) is 1. The zero-order valence-corrected chi connectivity index (χ0v) is 21.0. The number of hydrogen-bond acceptors (Lipinski definition) is 5. The van der Waals surface area contributed by atoms with Crippen molar-refractivity contribution in [1.82, 2.24) is 9.47 Å². The number of hydrogen-bond donors (Lipinski definition) is 0. The number of ether oxygens (including phenoxy) is 2. The number of esters is 1. The van der Waals surface area contributed by atoms with E-state index in [1.165, 1.54) is 6.20 Å². The first-order chi connectivity index (χ1) is 17.0. The highest BCUT2D eigenvalue weighted by atomic mass is 19.2. The fraction of sp³-hybridized carbons (Fsp3) is 0.519. The van der Waals surface area contributed by atoms with Crippen LogP contribution in [0, 0.1) is 23.5 Å². The maximum atomic E-state index is 15.0. The van der Waals surface area contributed by atoms with Gasteiger partial charge < -0.3 is 18.9 Å². The van der Waals surface area contributed by atoms with Crippen molar-refractivity contribution in [2.45, 2.75) is 77.5 Å². The van der Waals surface area contributed by atoms with Crippen LogP contribution in [-0.2, 0) is 9.47 Å². The van der Waals surface area contributed by atoms with E-state index in [9.17, 15) is 18.8 Å². The molecule has 0 radical (unpaired) electrons. The molecule has 1 aromatic carbocycles. The summed E-state index contributed by atoms with van der Waals surface area (Å²) in [6, 6.07) is 0.557. The predicted molar refractivity (Wildman–Crippen MR) is 130 cm³/mol. The van der Waals surface area contributed by atoms with E-state index >= 15 is 4.39 Å². The molecule has 1 atom stereocenters. The second kappa shape index (κ2) is 9.92. The number of halogens is 2. The zero-order chi connectivity index (χ0) is 26.2. The van der Waals surface area contributed by atoms with Crippen LogP contribution < -0.4 is 5.43 Å². The lowest BCUT2D eigenvalue weighted by atomic mass is 10.0. The van der Waals surface area contributed by atoms with E-state index in [1.54, 1.807) is 37.2 Å². The van der Waals surface area contributed by atoms with Crippen LogP contribution in [0.4, 0.5) is 13.6 Å². The van der Waals surface area contributed by atoms with Crippen molar-refractivity contribution in [3.05, 3.63) is 45.2 Å². The van der Waals surface area contributed by atoms with Crippen LogP contribution in [-0.4, -0.2) is 46.3 Å². The number of nitrogens with zero attached hydrogens (tertiary/aromatic N) is 2. The van der Waals surface area contributed by atoms with Gasteiger partial charge in [0.25, 0.3) is 0 Å². The summed E-state index contributed by atoms with van der Waals surface area (Å²) in [6.45, 7) is 7.61. The topological polar surface area (TPSA) is 77.8 Å². The minimum absolute atomic E-state index is 0.0517. The molecule has 7 nitrogen and oxygen atoms in total. The molecular weight excluding hydrogens is 470 g/mol. The summed E-state index contributed by atoms with van der Waals surface area (Å²) in [4.78, 5) is 39.6. The van der Waals surface area contributed by atoms with Crippen molar-refractivity contribution < 1.29 is 27.8 Å². The lowest BCUT2D eigenvalue weighted by molar-refractivity contribution is 0.0229. The van der Waals surface area contributed by atoms with Gasteiger partial charge in [-0.2, -0.15) is 0 Å². The third-order valence-electron chi connectivity index (χ3n) is 6.20. The average molecular weight is 501 g/mol. The van der Waals surface area contributed by atoms with Crippen LogP contribution in [0.15, 0.2) is 17.1 Å². The standard InChI is InChI=1S/C27H30F2N2O5/c1-5-35-25(33)20-15-31(17-11-12-17)23-18(22(29)21(28)14-19(23)24(20)32)10-6-8-16-9-7-13-30(16)26(34)36-27(2,3)4/h14-17H,5,7-9,11-13H2,1-4H3. The van der Waals surface area contributed by atoms with Crippen LogP contribution in [0.3, 0.4) is 0 Å². The Hall–Kier alpha value is -3.41. The van der Waals surface area contributed by atoms with E-state index in [2.05, 4.69) is 11.8 Å². The Morgan fingerprint density at radius 1 is 1.19 bits per heavy atom. The molecule has 1 aliphatic carbocycles. The number of rotatable bonds is 4. The van der Waals surface area contributed by atoms with E-state index in [1.807, 2.05) is 0 Å². The monoisotopic (exact) mass is 500 g/mol. The van der Waals surface area contributed by atoms with Crippen molar-refractivity contribution in [2.75, 3.05) is 13.2 Å². The van der Waals surface area contributed by atoms with E-state index < -0.39 is 34.7 Å². The van der Waals surface area contributed by atoms with Gasteiger partial charge in [0.15, 0.2) is 11.6 Å². The van der Waals surface area contributed by atoms with Crippen molar-refractivity contribution in [2.24, 2.45) is 0 Å². The second-order valence-electron chi connectivity index (χ2n) is 10.2. The van der Waals surface area contributed by atoms with Crippen LogP contribution in [0.5, 0.6) is 0 Å². The molecule has 2 fully saturated rings. The van der Waals surface area contributed by atoms with Crippen molar-refractivity contribution in [3.63, 3.8) is 0 Å². The molecule has 2 heterocycles. The van der Waals surface area contributed by atoms with Crippen LogP contribution in [0.2, 0.25) is 0 Å². The van der Waals surface area contributed by atoms with Gasteiger partial charge in [0.2, 0.25) is 5.43 Å². The van der Waals surface area contributed by atoms with E-state index in [0.717, 1.165) is 31.7 Å².